The van der Waals surface area contributed by atoms with Gasteiger partial charge in [-0.3, -0.25) is 0 Å². The van der Waals surface area contributed by atoms with Crippen molar-refractivity contribution in [3.8, 4) is 0 Å². The Morgan fingerprint density at radius 1 is 1.38 bits per heavy atom. The molecule has 0 saturated heterocycles. The normalized spacial score (nSPS) is 10.9. The van der Waals surface area contributed by atoms with Crippen molar-refractivity contribution in [1.29, 1.82) is 0 Å². The minimum atomic E-state index is 0.832. The summed E-state index contributed by atoms with van der Waals surface area (Å²) in [5.41, 5.74) is 7.83. The van der Waals surface area contributed by atoms with Crippen molar-refractivity contribution >= 4 is 28.4 Å². The van der Waals surface area contributed by atoms with E-state index < -0.39 is 0 Å². The smallest absolute Gasteiger partial charge is 0.0509 e. The van der Waals surface area contributed by atoms with E-state index in [1.807, 2.05) is 19.2 Å². The lowest BCUT2D eigenvalue weighted by Gasteiger charge is -2.03. The van der Waals surface area contributed by atoms with Gasteiger partial charge in [-0.15, -0.1) is 11.8 Å². The molecular formula is C10H12N2S. The minimum absolute atomic E-state index is 0.832. The van der Waals surface area contributed by atoms with Crippen LogP contribution >= 0.6 is 11.8 Å². The van der Waals surface area contributed by atoms with Gasteiger partial charge in [0.25, 0.3) is 0 Å². The van der Waals surface area contributed by atoms with E-state index in [9.17, 15) is 0 Å². The summed E-state index contributed by atoms with van der Waals surface area (Å²) in [6, 6.07) is 6.16. The molecule has 0 aliphatic heterocycles. The summed E-state index contributed by atoms with van der Waals surface area (Å²) in [4.78, 5) is 1.25. The van der Waals surface area contributed by atoms with Gasteiger partial charge in [-0.2, -0.15) is 0 Å². The van der Waals surface area contributed by atoms with Crippen LogP contribution in [0.3, 0.4) is 0 Å². The maximum Gasteiger partial charge on any atom is 0.0509 e. The van der Waals surface area contributed by atoms with E-state index in [1.54, 1.807) is 11.8 Å². The molecule has 68 valence electrons. The van der Waals surface area contributed by atoms with E-state index in [-0.39, 0.29) is 0 Å². The minimum Gasteiger partial charge on any atom is -0.399 e. The number of nitrogens with zero attached hydrogens (tertiary/aromatic N) is 1. The zero-order valence-electron chi connectivity index (χ0n) is 7.74. The largest absolute Gasteiger partial charge is 0.399 e. The van der Waals surface area contributed by atoms with Crippen LogP contribution in [0.25, 0.3) is 10.9 Å². The lowest BCUT2D eigenvalue weighted by atomic mass is 10.2. The van der Waals surface area contributed by atoms with Crippen molar-refractivity contribution < 1.29 is 0 Å². The highest BCUT2D eigenvalue weighted by molar-refractivity contribution is 7.98. The average Bonchev–Trinajstić information content (AvgIpc) is 2.47. The van der Waals surface area contributed by atoms with Crippen LogP contribution in [0, 0.1) is 0 Å². The summed E-state index contributed by atoms with van der Waals surface area (Å²) in [5, 5.41) is 1.28. The first-order valence-corrected chi connectivity index (χ1v) is 5.33. The molecule has 0 aliphatic carbocycles. The van der Waals surface area contributed by atoms with Crippen LogP contribution in [0.1, 0.15) is 0 Å². The van der Waals surface area contributed by atoms with Gasteiger partial charge < -0.3 is 10.3 Å². The SMILES string of the molecule is CSc1cc(N)cc2c1ccn2C. The molecule has 0 radical (unpaired) electrons. The molecule has 13 heavy (non-hydrogen) atoms. The molecule has 0 aliphatic rings. The molecule has 1 aromatic carbocycles. The van der Waals surface area contributed by atoms with E-state index in [0.717, 1.165) is 5.69 Å². The van der Waals surface area contributed by atoms with Crippen LogP contribution in [-0.2, 0) is 7.05 Å². The lowest BCUT2D eigenvalue weighted by Crippen LogP contribution is -1.89. The van der Waals surface area contributed by atoms with Crippen molar-refractivity contribution in [1.82, 2.24) is 4.57 Å². The van der Waals surface area contributed by atoms with Gasteiger partial charge in [-0.1, -0.05) is 0 Å². The van der Waals surface area contributed by atoms with Gasteiger partial charge in [-0.25, -0.2) is 0 Å². The number of benzene rings is 1. The highest BCUT2D eigenvalue weighted by Crippen LogP contribution is 2.29. The molecule has 2 rings (SSSR count). The maximum absolute atomic E-state index is 5.80. The van der Waals surface area contributed by atoms with Crippen molar-refractivity contribution in [2.45, 2.75) is 4.90 Å². The van der Waals surface area contributed by atoms with E-state index in [4.69, 9.17) is 5.73 Å². The predicted molar refractivity (Wildman–Crippen MR) is 59.1 cm³/mol. The summed E-state index contributed by atoms with van der Waals surface area (Å²) < 4.78 is 2.09. The van der Waals surface area contributed by atoms with Crippen LogP contribution in [0.5, 0.6) is 0 Å². The lowest BCUT2D eigenvalue weighted by molar-refractivity contribution is 0.969. The average molecular weight is 192 g/mol. The molecule has 0 unspecified atom stereocenters. The van der Waals surface area contributed by atoms with Crippen molar-refractivity contribution in [3.63, 3.8) is 0 Å². The molecule has 2 aromatic rings. The van der Waals surface area contributed by atoms with E-state index >= 15 is 0 Å². The van der Waals surface area contributed by atoms with Crippen LogP contribution in [0.2, 0.25) is 0 Å². The molecule has 1 aromatic heterocycles. The number of aryl methyl sites for hydroxylation is 1. The molecule has 1 heterocycles. The summed E-state index contributed by atoms with van der Waals surface area (Å²) in [5.74, 6) is 0. The standard InChI is InChI=1S/C10H12N2S/c1-12-4-3-8-9(12)5-7(11)6-10(8)13-2/h3-6H,11H2,1-2H3. The Bertz CT molecular complexity index is 445. The van der Waals surface area contributed by atoms with Crippen LogP contribution in [-0.4, -0.2) is 10.8 Å². The van der Waals surface area contributed by atoms with Gasteiger partial charge in [0.15, 0.2) is 0 Å². The van der Waals surface area contributed by atoms with Gasteiger partial charge in [0.2, 0.25) is 0 Å². The first-order chi connectivity index (χ1) is 6.22. The second kappa shape index (κ2) is 3.00. The van der Waals surface area contributed by atoms with Gasteiger partial charge in [0.05, 0.1) is 5.52 Å². The molecule has 0 bridgehead atoms. The number of nitrogens with two attached hydrogens (primary N) is 1. The number of rotatable bonds is 1. The number of thioether (sulfide) groups is 1. The zero-order valence-corrected chi connectivity index (χ0v) is 8.56. The third kappa shape index (κ3) is 1.29. The fourth-order valence-corrected chi connectivity index (χ4v) is 2.17. The Balaban J connectivity index is 2.84. The molecule has 2 N–H and O–H groups in total. The number of fused-ring (bicyclic) bond motifs is 1. The number of aromatic nitrogens is 1. The molecule has 0 amide bonds. The Morgan fingerprint density at radius 3 is 2.85 bits per heavy atom. The molecular weight excluding hydrogens is 180 g/mol. The van der Waals surface area contributed by atoms with Gasteiger partial charge in [-0.05, 0) is 24.5 Å². The number of anilines is 1. The van der Waals surface area contributed by atoms with Gasteiger partial charge in [0.1, 0.15) is 0 Å². The second-order valence-corrected chi connectivity index (χ2v) is 3.93. The Morgan fingerprint density at radius 2 is 2.15 bits per heavy atom. The highest BCUT2D eigenvalue weighted by atomic mass is 32.2. The molecule has 0 spiro atoms. The highest BCUT2D eigenvalue weighted by Gasteiger charge is 2.04. The fraction of sp³-hybridized carbons (Fsp3) is 0.200. The Kier molecular flexibility index (Phi) is 1.96. The Hall–Kier alpha value is -1.09. The topological polar surface area (TPSA) is 30.9 Å². The second-order valence-electron chi connectivity index (χ2n) is 3.08. The molecule has 3 heteroatoms. The third-order valence-electron chi connectivity index (χ3n) is 2.21. The maximum atomic E-state index is 5.80. The van der Waals surface area contributed by atoms with Crippen LogP contribution < -0.4 is 5.73 Å². The van der Waals surface area contributed by atoms with Gasteiger partial charge in [0, 0.05) is 29.2 Å². The Labute approximate surface area is 81.7 Å². The molecule has 2 nitrogen and oxygen atoms in total. The van der Waals surface area contributed by atoms with Crippen molar-refractivity contribution in [3.05, 3.63) is 24.4 Å². The zero-order chi connectivity index (χ0) is 9.42. The summed E-state index contributed by atoms with van der Waals surface area (Å²) >= 11 is 1.73. The van der Waals surface area contributed by atoms with E-state index in [1.165, 1.54) is 15.8 Å². The molecule has 0 fully saturated rings. The number of hydrogen-bond donors (Lipinski definition) is 1. The van der Waals surface area contributed by atoms with Crippen LogP contribution in [0.4, 0.5) is 5.69 Å². The van der Waals surface area contributed by atoms with Crippen molar-refractivity contribution in [2.24, 2.45) is 7.05 Å². The molecule has 0 atom stereocenters. The summed E-state index contributed by atoms with van der Waals surface area (Å²) in [7, 11) is 2.03. The van der Waals surface area contributed by atoms with Gasteiger partial charge >= 0.3 is 0 Å². The van der Waals surface area contributed by atoms with Crippen molar-refractivity contribution in [2.75, 3.05) is 12.0 Å². The third-order valence-corrected chi connectivity index (χ3v) is 2.98. The first-order valence-electron chi connectivity index (χ1n) is 4.11. The van der Waals surface area contributed by atoms with E-state index in [0.29, 0.717) is 0 Å². The number of hydrogen-bond acceptors (Lipinski definition) is 2. The van der Waals surface area contributed by atoms with Crippen LogP contribution in [0.15, 0.2) is 29.3 Å². The van der Waals surface area contributed by atoms with E-state index in [2.05, 4.69) is 23.1 Å². The summed E-state index contributed by atoms with van der Waals surface area (Å²) in [6.07, 6.45) is 4.13. The first kappa shape index (κ1) is 8.51. The fourth-order valence-electron chi connectivity index (χ4n) is 1.53. The monoisotopic (exact) mass is 192 g/mol. The summed E-state index contributed by atoms with van der Waals surface area (Å²) in [6.45, 7) is 0. The molecule has 0 saturated carbocycles. The predicted octanol–water partition coefficient (Wildman–Crippen LogP) is 2.48. The quantitative estimate of drug-likeness (QED) is 0.556. The number of nitrogen functional groups attached to an aromatic ring is 1.